The zero-order valence-corrected chi connectivity index (χ0v) is 8.10. The van der Waals surface area contributed by atoms with Crippen LogP contribution >= 0.6 is 11.6 Å². The summed E-state index contributed by atoms with van der Waals surface area (Å²) in [6, 6.07) is 5.73. The second-order valence-corrected chi connectivity index (χ2v) is 3.09. The van der Waals surface area contributed by atoms with Crippen molar-refractivity contribution in [3.05, 3.63) is 28.8 Å². The zero-order valence-electron chi connectivity index (χ0n) is 7.34. The molecule has 0 atom stereocenters. The molecule has 0 aromatic heterocycles. The lowest BCUT2D eigenvalue weighted by atomic mass is 10.2. The van der Waals surface area contributed by atoms with Crippen LogP contribution in [0.3, 0.4) is 0 Å². The van der Waals surface area contributed by atoms with Gasteiger partial charge in [-0.15, -0.1) is 0 Å². The smallest absolute Gasteiger partial charge is 0.0669 e. The van der Waals surface area contributed by atoms with Gasteiger partial charge in [-0.05, 0) is 31.0 Å². The van der Waals surface area contributed by atoms with Crippen LogP contribution in [0.1, 0.15) is 18.9 Å². The minimum absolute atomic E-state index is 0.740. The molecule has 1 aromatic rings. The average molecular weight is 182 g/mol. The van der Waals surface area contributed by atoms with E-state index in [-0.39, 0.29) is 0 Å². The molecule has 2 heteroatoms. The quantitative estimate of drug-likeness (QED) is 0.616. The molecule has 1 nitrogen and oxygen atoms in total. The van der Waals surface area contributed by atoms with E-state index in [2.05, 4.69) is 11.9 Å². The van der Waals surface area contributed by atoms with Crippen LogP contribution in [-0.4, -0.2) is 6.21 Å². The predicted octanol–water partition coefficient (Wildman–Crippen LogP) is 3.76. The van der Waals surface area contributed by atoms with Crippen molar-refractivity contribution in [1.82, 2.24) is 0 Å². The first kappa shape index (κ1) is 9.27. The highest BCUT2D eigenvalue weighted by Crippen LogP contribution is 2.22. The van der Waals surface area contributed by atoms with E-state index in [1.807, 2.05) is 31.3 Å². The minimum atomic E-state index is 0.740. The van der Waals surface area contributed by atoms with E-state index in [4.69, 9.17) is 11.6 Å². The van der Waals surface area contributed by atoms with Crippen molar-refractivity contribution in [3.8, 4) is 0 Å². The first-order valence-electron chi connectivity index (χ1n) is 4.02. The van der Waals surface area contributed by atoms with E-state index in [0.29, 0.717) is 0 Å². The molecule has 0 aliphatic rings. The van der Waals surface area contributed by atoms with Crippen LogP contribution < -0.4 is 0 Å². The number of nitrogens with zero attached hydrogens (tertiary/aromatic N) is 1. The molecule has 0 spiro atoms. The summed E-state index contributed by atoms with van der Waals surface area (Å²) in [4.78, 5) is 4.28. The Hall–Kier alpha value is -0.820. The fourth-order valence-electron chi connectivity index (χ4n) is 0.911. The van der Waals surface area contributed by atoms with Crippen molar-refractivity contribution in [1.29, 1.82) is 0 Å². The Labute approximate surface area is 78.1 Å². The molecule has 0 N–H and O–H groups in total. The van der Waals surface area contributed by atoms with Crippen LogP contribution in [0.4, 0.5) is 5.69 Å². The molecule has 0 saturated heterocycles. The number of hydrogen-bond acceptors (Lipinski definition) is 1. The predicted molar refractivity (Wildman–Crippen MR) is 54.6 cm³/mol. The summed E-state index contributed by atoms with van der Waals surface area (Å²) in [5.74, 6) is 0. The van der Waals surface area contributed by atoms with Crippen LogP contribution in [0.15, 0.2) is 23.2 Å². The fraction of sp³-hybridized carbons (Fsp3) is 0.300. The zero-order chi connectivity index (χ0) is 8.97. The molecule has 0 heterocycles. The molecule has 0 radical (unpaired) electrons. The topological polar surface area (TPSA) is 12.4 Å². The molecule has 0 bridgehead atoms. The molecule has 0 aliphatic carbocycles. The molecule has 0 aliphatic heterocycles. The van der Waals surface area contributed by atoms with Gasteiger partial charge >= 0.3 is 0 Å². The van der Waals surface area contributed by atoms with Gasteiger partial charge in [-0.3, -0.25) is 4.99 Å². The van der Waals surface area contributed by atoms with Gasteiger partial charge in [0, 0.05) is 11.2 Å². The third-order valence-corrected chi connectivity index (χ3v) is 1.82. The van der Waals surface area contributed by atoms with Gasteiger partial charge in [0.05, 0.1) is 5.69 Å². The molecule has 0 amide bonds. The normalized spacial score (nSPS) is 10.9. The molecule has 0 saturated carbocycles. The molecular formula is C10H12ClN. The monoisotopic (exact) mass is 181 g/mol. The van der Waals surface area contributed by atoms with Crippen LogP contribution in [0.5, 0.6) is 0 Å². The summed E-state index contributed by atoms with van der Waals surface area (Å²) in [5.41, 5.74) is 2.12. The summed E-state index contributed by atoms with van der Waals surface area (Å²) in [6.07, 6.45) is 2.84. The van der Waals surface area contributed by atoms with Crippen LogP contribution in [0, 0.1) is 6.92 Å². The van der Waals surface area contributed by atoms with Gasteiger partial charge in [-0.25, -0.2) is 0 Å². The summed E-state index contributed by atoms with van der Waals surface area (Å²) >= 11 is 5.82. The van der Waals surface area contributed by atoms with Crippen molar-refractivity contribution in [2.24, 2.45) is 4.99 Å². The van der Waals surface area contributed by atoms with E-state index in [1.54, 1.807) is 0 Å². The number of halogens is 1. The Morgan fingerprint density at radius 3 is 2.92 bits per heavy atom. The van der Waals surface area contributed by atoms with Gasteiger partial charge in [0.15, 0.2) is 0 Å². The Balaban J connectivity index is 2.97. The fourth-order valence-corrected chi connectivity index (χ4v) is 1.08. The maximum Gasteiger partial charge on any atom is 0.0669 e. The number of aliphatic imine (C=N–C) groups is 1. The van der Waals surface area contributed by atoms with Crippen LogP contribution in [-0.2, 0) is 0 Å². The van der Waals surface area contributed by atoms with Gasteiger partial charge in [0.25, 0.3) is 0 Å². The third-order valence-electron chi connectivity index (χ3n) is 1.58. The van der Waals surface area contributed by atoms with Crippen molar-refractivity contribution in [3.63, 3.8) is 0 Å². The first-order valence-corrected chi connectivity index (χ1v) is 4.40. The third kappa shape index (κ3) is 2.35. The van der Waals surface area contributed by atoms with Gasteiger partial charge in [-0.2, -0.15) is 0 Å². The highest BCUT2D eigenvalue weighted by Gasteiger charge is 1.95. The van der Waals surface area contributed by atoms with E-state index in [0.717, 1.165) is 22.7 Å². The lowest BCUT2D eigenvalue weighted by Gasteiger charge is -1.98. The van der Waals surface area contributed by atoms with Crippen LogP contribution in [0.25, 0.3) is 0 Å². The largest absolute Gasteiger partial charge is 0.261 e. The van der Waals surface area contributed by atoms with Crippen molar-refractivity contribution in [2.45, 2.75) is 20.3 Å². The number of aryl methyl sites for hydroxylation is 1. The minimum Gasteiger partial charge on any atom is -0.261 e. The van der Waals surface area contributed by atoms with E-state index in [1.165, 1.54) is 0 Å². The summed E-state index contributed by atoms with van der Waals surface area (Å²) < 4.78 is 0. The lowest BCUT2D eigenvalue weighted by molar-refractivity contribution is 1.30. The Bertz CT molecular complexity index is 292. The van der Waals surface area contributed by atoms with Crippen LogP contribution in [0.2, 0.25) is 5.02 Å². The maximum absolute atomic E-state index is 5.82. The summed E-state index contributed by atoms with van der Waals surface area (Å²) in [7, 11) is 0. The van der Waals surface area contributed by atoms with Gasteiger partial charge < -0.3 is 0 Å². The molecule has 1 rings (SSSR count). The van der Waals surface area contributed by atoms with E-state index < -0.39 is 0 Å². The highest BCUT2D eigenvalue weighted by atomic mass is 35.5. The molecule has 1 aromatic carbocycles. The van der Waals surface area contributed by atoms with Gasteiger partial charge in [0.2, 0.25) is 0 Å². The van der Waals surface area contributed by atoms with Crippen molar-refractivity contribution in [2.75, 3.05) is 0 Å². The highest BCUT2D eigenvalue weighted by molar-refractivity contribution is 6.30. The van der Waals surface area contributed by atoms with E-state index in [9.17, 15) is 0 Å². The Morgan fingerprint density at radius 1 is 1.50 bits per heavy atom. The van der Waals surface area contributed by atoms with Gasteiger partial charge in [-0.1, -0.05) is 24.6 Å². The second-order valence-electron chi connectivity index (χ2n) is 2.65. The Morgan fingerprint density at radius 2 is 2.25 bits per heavy atom. The first-order chi connectivity index (χ1) is 5.74. The summed E-state index contributed by atoms with van der Waals surface area (Å²) in [5, 5.41) is 0.740. The van der Waals surface area contributed by atoms with Gasteiger partial charge in [0.1, 0.15) is 0 Å². The molecule has 12 heavy (non-hydrogen) atoms. The molecule has 0 unspecified atom stereocenters. The number of rotatable bonds is 2. The molecule has 64 valence electrons. The lowest BCUT2D eigenvalue weighted by Crippen LogP contribution is -1.75. The van der Waals surface area contributed by atoms with Crippen molar-refractivity contribution < 1.29 is 0 Å². The SMILES string of the molecule is CCC=Nc1cc(Cl)ccc1C. The van der Waals surface area contributed by atoms with Crippen molar-refractivity contribution >= 4 is 23.5 Å². The average Bonchev–Trinajstić information content (AvgIpc) is 2.07. The number of benzene rings is 1. The standard InChI is InChI=1S/C10H12ClN/c1-3-6-12-10-7-9(11)5-4-8(10)2/h4-7H,3H2,1-2H3. The summed E-state index contributed by atoms with van der Waals surface area (Å²) in [6.45, 7) is 4.09. The van der Waals surface area contributed by atoms with E-state index >= 15 is 0 Å². The molecule has 0 fully saturated rings. The maximum atomic E-state index is 5.82. The molecular weight excluding hydrogens is 170 g/mol. The number of hydrogen-bond donors (Lipinski definition) is 0. The second kappa shape index (κ2) is 4.27. The Kier molecular flexibility index (Phi) is 3.30.